The first kappa shape index (κ1) is 12.2. The topological polar surface area (TPSA) is 72.0 Å². The molecule has 0 spiro atoms. The fourth-order valence-corrected chi connectivity index (χ4v) is 2.13. The first-order chi connectivity index (χ1) is 9.77. The number of aromatic hydroxyl groups is 1. The Bertz CT molecular complexity index is 727. The molecular weight excluding hydrogens is 250 g/mol. The van der Waals surface area contributed by atoms with Gasteiger partial charge in [-0.05, 0) is 36.4 Å². The molecule has 3 aromatic rings. The van der Waals surface area contributed by atoms with Crippen LogP contribution in [0.25, 0.3) is 22.5 Å². The van der Waals surface area contributed by atoms with Gasteiger partial charge < -0.3 is 10.8 Å². The lowest BCUT2D eigenvalue weighted by Crippen LogP contribution is -1.96. The van der Waals surface area contributed by atoms with E-state index >= 15 is 0 Å². The summed E-state index contributed by atoms with van der Waals surface area (Å²) in [5, 5.41) is 9.86. The Balaban J connectivity index is 2.29. The summed E-state index contributed by atoms with van der Waals surface area (Å²) < 4.78 is 0. The molecule has 3 N–H and O–H groups in total. The number of hydrogen-bond acceptors (Lipinski definition) is 4. The van der Waals surface area contributed by atoms with Crippen molar-refractivity contribution in [3.8, 4) is 28.3 Å². The first-order valence-electron chi connectivity index (χ1n) is 6.21. The SMILES string of the molecule is Nc1c(O)ccc(-c2ccccn2)c1-c1ccccn1. The highest BCUT2D eigenvalue weighted by molar-refractivity contribution is 5.91. The number of anilines is 1. The largest absolute Gasteiger partial charge is 0.506 e. The molecule has 0 bridgehead atoms. The third-order valence-electron chi connectivity index (χ3n) is 3.08. The molecular formula is C16H13N3O. The second-order valence-corrected chi connectivity index (χ2v) is 4.35. The van der Waals surface area contributed by atoms with E-state index in [-0.39, 0.29) is 5.75 Å². The van der Waals surface area contributed by atoms with Crippen molar-refractivity contribution in [2.24, 2.45) is 0 Å². The number of pyridine rings is 2. The van der Waals surface area contributed by atoms with Crippen LogP contribution in [0.1, 0.15) is 0 Å². The molecule has 0 aliphatic rings. The van der Waals surface area contributed by atoms with Crippen LogP contribution in [-0.4, -0.2) is 15.1 Å². The molecule has 0 radical (unpaired) electrons. The summed E-state index contributed by atoms with van der Waals surface area (Å²) >= 11 is 0. The van der Waals surface area contributed by atoms with E-state index in [1.807, 2.05) is 36.4 Å². The number of phenols is 1. The summed E-state index contributed by atoms with van der Waals surface area (Å²) in [6.07, 6.45) is 3.42. The van der Waals surface area contributed by atoms with Crippen LogP contribution in [0, 0.1) is 0 Å². The number of aromatic nitrogens is 2. The molecule has 20 heavy (non-hydrogen) atoms. The van der Waals surface area contributed by atoms with Crippen LogP contribution in [0.2, 0.25) is 0 Å². The lowest BCUT2D eigenvalue weighted by atomic mass is 9.98. The zero-order valence-corrected chi connectivity index (χ0v) is 10.7. The second kappa shape index (κ2) is 5.01. The molecule has 98 valence electrons. The Hall–Kier alpha value is -2.88. The molecule has 0 aliphatic carbocycles. The summed E-state index contributed by atoms with van der Waals surface area (Å²) in [7, 11) is 0. The highest BCUT2D eigenvalue weighted by Crippen LogP contribution is 2.39. The Morgan fingerprint density at radius 2 is 1.45 bits per heavy atom. The van der Waals surface area contributed by atoms with Gasteiger partial charge in [0.1, 0.15) is 5.75 Å². The number of nitrogen functional groups attached to an aromatic ring is 1. The fourth-order valence-electron chi connectivity index (χ4n) is 2.13. The van der Waals surface area contributed by atoms with Gasteiger partial charge in [-0.15, -0.1) is 0 Å². The van der Waals surface area contributed by atoms with Crippen molar-refractivity contribution in [2.45, 2.75) is 0 Å². The molecule has 0 fully saturated rings. The quantitative estimate of drug-likeness (QED) is 0.550. The standard InChI is InChI=1S/C16H13N3O/c17-16-14(20)8-7-11(12-5-1-3-9-18-12)15(16)13-6-2-4-10-19-13/h1-10,20H,17H2. The molecule has 0 amide bonds. The average molecular weight is 263 g/mol. The molecule has 3 rings (SSSR count). The summed E-state index contributed by atoms with van der Waals surface area (Å²) in [5.74, 6) is 0.0466. The van der Waals surface area contributed by atoms with Gasteiger partial charge in [0.15, 0.2) is 0 Å². The van der Waals surface area contributed by atoms with Crippen LogP contribution >= 0.6 is 0 Å². The van der Waals surface area contributed by atoms with Crippen LogP contribution < -0.4 is 5.73 Å². The predicted molar refractivity (Wildman–Crippen MR) is 79.0 cm³/mol. The molecule has 2 heterocycles. The minimum Gasteiger partial charge on any atom is -0.506 e. The molecule has 0 aliphatic heterocycles. The Morgan fingerprint density at radius 3 is 2.05 bits per heavy atom. The fraction of sp³-hybridized carbons (Fsp3) is 0. The number of rotatable bonds is 2. The molecule has 4 heteroatoms. The summed E-state index contributed by atoms with van der Waals surface area (Å²) in [5.41, 5.74) is 9.39. The first-order valence-corrected chi connectivity index (χ1v) is 6.21. The van der Waals surface area contributed by atoms with Crippen molar-refractivity contribution in [1.29, 1.82) is 0 Å². The third kappa shape index (κ3) is 2.07. The van der Waals surface area contributed by atoms with E-state index in [2.05, 4.69) is 9.97 Å². The van der Waals surface area contributed by atoms with Crippen LogP contribution in [0.4, 0.5) is 5.69 Å². The van der Waals surface area contributed by atoms with Crippen LogP contribution in [0.5, 0.6) is 5.75 Å². The van der Waals surface area contributed by atoms with Crippen molar-refractivity contribution in [1.82, 2.24) is 9.97 Å². The molecule has 0 saturated heterocycles. The van der Waals surface area contributed by atoms with Crippen LogP contribution in [-0.2, 0) is 0 Å². The Kier molecular flexibility index (Phi) is 3.05. The number of nitrogens with zero attached hydrogens (tertiary/aromatic N) is 2. The van der Waals surface area contributed by atoms with E-state index in [1.165, 1.54) is 0 Å². The molecule has 0 saturated carbocycles. The van der Waals surface area contributed by atoms with Gasteiger partial charge in [0.05, 0.1) is 17.1 Å². The summed E-state index contributed by atoms with van der Waals surface area (Å²) in [6, 6.07) is 14.6. The molecule has 4 nitrogen and oxygen atoms in total. The highest BCUT2D eigenvalue weighted by Gasteiger charge is 2.15. The molecule has 0 atom stereocenters. The monoisotopic (exact) mass is 263 g/mol. The lowest BCUT2D eigenvalue weighted by Gasteiger charge is -2.12. The molecule has 0 unspecified atom stereocenters. The van der Waals surface area contributed by atoms with Crippen LogP contribution in [0.3, 0.4) is 0 Å². The maximum Gasteiger partial charge on any atom is 0.139 e. The van der Waals surface area contributed by atoms with E-state index in [9.17, 15) is 5.11 Å². The van der Waals surface area contributed by atoms with Crippen molar-refractivity contribution in [2.75, 3.05) is 5.73 Å². The zero-order chi connectivity index (χ0) is 13.9. The van der Waals surface area contributed by atoms with Gasteiger partial charge >= 0.3 is 0 Å². The number of hydrogen-bond donors (Lipinski definition) is 2. The average Bonchev–Trinajstić information content (AvgIpc) is 2.51. The van der Waals surface area contributed by atoms with E-state index in [0.29, 0.717) is 16.9 Å². The van der Waals surface area contributed by atoms with E-state index in [4.69, 9.17) is 5.73 Å². The number of benzene rings is 1. The van der Waals surface area contributed by atoms with Gasteiger partial charge in [-0.2, -0.15) is 0 Å². The van der Waals surface area contributed by atoms with Crippen molar-refractivity contribution < 1.29 is 5.11 Å². The van der Waals surface area contributed by atoms with Gasteiger partial charge in [0.25, 0.3) is 0 Å². The van der Waals surface area contributed by atoms with Gasteiger partial charge in [0.2, 0.25) is 0 Å². The smallest absolute Gasteiger partial charge is 0.139 e. The summed E-state index contributed by atoms with van der Waals surface area (Å²) in [6.45, 7) is 0. The Morgan fingerprint density at radius 1 is 0.800 bits per heavy atom. The summed E-state index contributed by atoms with van der Waals surface area (Å²) in [4.78, 5) is 8.66. The third-order valence-corrected chi connectivity index (χ3v) is 3.08. The van der Waals surface area contributed by atoms with Crippen molar-refractivity contribution in [3.63, 3.8) is 0 Å². The van der Waals surface area contributed by atoms with Gasteiger partial charge in [0, 0.05) is 23.5 Å². The van der Waals surface area contributed by atoms with Crippen molar-refractivity contribution in [3.05, 3.63) is 60.9 Å². The maximum absolute atomic E-state index is 9.86. The second-order valence-electron chi connectivity index (χ2n) is 4.35. The minimum atomic E-state index is 0.0466. The number of nitrogens with two attached hydrogens (primary N) is 1. The molecule has 2 aromatic heterocycles. The maximum atomic E-state index is 9.86. The van der Waals surface area contributed by atoms with Crippen molar-refractivity contribution >= 4 is 5.69 Å². The molecule has 1 aromatic carbocycles. The van der Waals surface area contributed by atoms with Gasteiger partial charge in [-0.25, -0.2) is 0 Å². The Labute approximate surface area is 116 Å². The van der Waals surface area contributed by atoms with E-state index in [1.54, 1.807) is 24.5 Å². The van der Waals surface area contributed by atoms with Crippen LogP contribution in [0.15, 0.2) is 60.9 Å². The van der Waals surface area contributed by atoms with Gasteiger partial charge in [-0.3, -0.25) is 9.97 Å². The lowest BCUT2D eigenvalue weighted by molar-refractivity contribution is 0.478. The highest BCUT2D eigenvalue weighted by atomic mass is 16.3. The zero-order valence-electron chi connectivity index (χ0n) is 10.7. The predicted octanol–water partition coefficient (Wildman–Crippen LogP) is 3.10. The number of phenolic OH excluding ortho intramolecular Hbond substituents is 1. The minimum absolute atomic E-state index is 0.0466. The normalized spacial score (nSPS) is 10.4. The van der Waals surface area contributed by atoms with E-state index < -0.39 is 0 Å². The van der Waals surface area contributed by atoms with E-state index in [0.717, 1.165) is 11.3 Å². The van der Waals surface area contributed by atoms with Gasteiger partial charge in [-0.1, -0.05) is 12.1 Å².